The van der Waals surface area contributed by atoms with Gasteiger partial charge in [-0.2, -0.15) is 15.0 Å². The van der Waals surface area contributed by atoms with Crippen LogP contribution in [-0.4, -0.2) is 113 Å². The van der Waals surface area contributed by atoms with Crippen LogP contribution in [0.3, 0.4) is 0 Å². The number of hydrogen-bond acceptors (Lipinski definition) is 11. The van der Waals surface area contributed by atoms with E-state index in [0.29, 0.717) is 83.9 Å². The molecule has 0 bridgehead atoms. The number of allylic oxidation sites excluding steroid dienone is 2. The van der Waals surface area contributed by atoms with Gasteiger partial charge in [0.1, 0.15) is 5.69 Å². The van der Waals surface area contributed by atoms with Gasteiger partial charge in [0.15, 0.2) is 5.82 Å². The molecule has 5 rings (SSSR count). The highest BCUT2D eigenvalue weighted by molar-refractivity contribution is 5.76. The maximum absolute atomic E-state index is 13.8. The summed E-state index contributed by atoms with van der Waals surface area (Å²) in [6.45, 7) is 9.44. The average molecular weight is 603 g/mol. The van der Waals surface area contributed by atoms with Gasteiger partial charge in [0.05, 0.1) is 18.8 Å². The van der Waals surface area contributed by atoms with Gasteiger partial charge in [0.2, 0.25) is 30.2 Å². The maximum atomic E-state index is 13.8. The summed E-state index contributed by atoms with van der Waals surface area (Å²) < 4.78 is 33.1. The highest BCUT2D eigenvalue weighted by Gasteiger charge is 2.29. The zero-order valence-corrected chi connectivity index (χ0v) is 24.7. The molecule has 3 fully saturated rings. The number of aromatic nitrogens is 5. The van der Waals surface area contributed by atoms with E-state index in [1.807, 2.05) is 40.7 Å². The number of nitrogens with zero attached hydrogens (tertiary/aromatic N) is 9. The summed E-state index contributed by atoms with van der Waals surface area (Å²) in [7, 11) is 0. The Morgan fingerprint density at radius 3 is 2.12 bits per heavy atom. The second-order valence-corrected chi connectivity index (χ2v) is 10.5. The lowest BCUT2D eigenvalue weighted by atomic mass is 9.93. The predicted octanol–water partition coefficient (Wildman–Crippen LogP) is 2.17. The Morgan fingerprint density at radius 2 is 1.56 bits per heavy atom. The Balaban J connectivity index is 0.000000996. The zero-order chi connectivity index (χ0) is 30.8. The van der Waals surface area contributed by atoms with Crippen LogP contribution in [0.2, 0.25) is 0 Å². The van der Waals surface area contributed by atoms with Crippen LogP contribution in [0.4, 0.5) is 26.6 Å². The standard InChI is InChI=1S/C24H32F2N10O3.C4H8/c25-20(26)19-17(14-28-22(27)29-19)21-30-23(32-24(31-21)36-9-11-39-12-10-36)35-7-5-34(6-8-35)18(38)13-16-1-3-33(15-37)4-2-16;1-3-4-2/h14-16,20H,1-13H2,(H2,27,28,29);3-4H,1-2H3/b;4-3+. The molecule has 15 heteroatoms. The third kappa shape index (κ3) is 8.52. The van der Waals surface area contributed by atoms with E-state index in [2.05, 4.69) is 24.9 Å². The van der Waals surface area contributed by atoms with Crippen molar-refractivity contribution in [2.24, 2.45) is 5.92 Å². The van der Waals surface area contributed by atoms with E-state index in [9.17, 15) is 18.4 Å². The molecular formula is C28H40F2N10O3. The summed E-state index contributed by atoms with van der Waals surface area (Å²) in [6, 6.07) is 0. The fourth-order valence-corrected chi connectivity index (χ4v) is 5.06. The predicted molar refractivity (Wildman–Crippen MR) is 158 cm³/mol. The summed E-state index contributed by atoms with van der Waals surface area (Å²) >= 11 is 0. The summed E-state index contributed by atoms with van der Waals surface area (Å²) in [5.41, 5.74) is 5.01. The molecule has 0 radical (unpaired) electrons. The third-order valence-electron chi connectivity index (χ3n) is 7.70. The number of rotatable bonds is 7. The van der Waals surface area contributed by atoms with Gasteiger partial charge < -0.3 is 30.1 Å². The molecule has 2 amide bonds. The summed E-state index contributed by atoms with van der Waals surface area (Å²) in [5.74, 6) is 0.858. The number of likely N-dealkylation sites (tertiary alicyclic amines) is 1. The van der Waals surface area contributed by atoms with Crippen molar-refractivity contribution in [1.29, 1.82) is 0 Å². The Morgan fingerprint density at radius 1 is 0.953 bits per heavy atom. The number of piperidine rings is 1. The topological polar surface area (TPSA) is 147 Å². The Hall–Kier alpha value is -4.01. The Labute approximate surface area is 250 Å². The molecule has 13 nitrogen and oxygen atoms in total. The molecule has 2 aromatic rings. The fourth-order valence-electron chi connectivity index (χ4n) is 5.06. The lowest BCUT2D eigenvalue weighted by Crippen LogP contribution is -2.50. The number of anilines is 3. The molecule has 2 aromatic heterocycles. The lowest BCUT2D eigenvalue weighted by molar-refractivity contribution is -0.133. The van der Waals surface area contributed by atoms with E-state index in [0.717, 1.165) is 19.3 Å². The number of nitrogen functional groups attached to an aromatic ring is 1. The first-order valence-corrected chi connectivity index (χ1v) is 14.6. The molecule has 2 N–H and O–H groups in total. The fraction of sp³-hybridized carbons (Fsp3) is 0.607. The quantitative estimate of drug-likeness (QED) is 0.367. The first kappa shape index (κ1) is 31.9. The van der Waals surface area contributed by atoms with E-state index in [4.69, 9.17) is 10.5 Å². The number of nitrogens with two attached hydrogens (primary N) is 1. The summed E-state index contributed by atoms with van der Waals surface area (Å²) in [4.78, 5) is 52.6. The van der Waals surface area contributed by atoms with Crippen molar-refractivity contribution in [2.75, 3.05) is 81.1 Å². The van der Waals surface area contributed by atoms with Crippen LogP contribution in [0.15, 0.2) is 18.3 Å². The first-order valence-electron chi connectivity index (χ1n) is 14.6. The third-order valence-corrected chi connectivity index (χ3v) is 7.70. The van der Waals surface area contributed by atoms with Crippen LogP contribution >= 0.6 is 0 Å². The van der Waals surface area contributed by atoms with Gasteiger partial charge in [0.25, 0.3) is 6.43 Å². The number of halogens is 2. The number of amides is 2. The molecule has 3 saturated heterocycles. The Kier molecular flexibility index (Phi) is 11.5. The van der Waals surface area contributed by atoms with Crippen molar-refractivity contribution >= 4 is 30.2 Å². The minimum Gasteiger partial charge on any atom is -0.378 e. The molecular weight excluding hydrogens is 562 g/mol. The zero-order valence-electron chi connectivity index (χ0n) is 24.7. The SMILES string of the molecule is C/C=C/C.Nc1ncc(-c2nc(N3CCOCC3)nc(N3CCN(C(=O)CC4CCN(C=O)CC4)CC3)n2)c(C(F)F)n1. The molecule has 0 unspecified atom stereocenters. The van der Waals surface area contributed by atoms with Gasteiger partial charge in [0, 0.05) is 65.0 Å². The smallest absolute Gasteiger partial charge is 0.281 e. The maximum Gasteiger partial charge on any atom is 0.281 e. The van der Waals surface area contributed by atoms with E-state index in [-0.39, 0.29) is 29.2 Å². The number of hydrogen-bond donors (Lipinski definition) is 1. The van der Waals surface area contributed by atoms with Crippen LogP contribution < -0.4 is 15.5 Å². The number of piperazine rings is 1. The molecule has 234 valence electrons. The molecule has 3 aliphatic rings. The minimum absolute atomic E-state index is 0.00759. The van der Waals surface area contributed by atoms with Crippen LogP contribution in [0.1, 0.15) is 45.2 Å². The van der Waals surface area contributed by atoms with E-state index < -0.39 is 12.1 Å². The van der Waals surface area contributed by atoms with Crippen LogP contribution in [0.25, 0.3) is 11.4 Å². The van der Waals surface area contributed by atoms with Gasteiger partial charge >= 0.3 is 0 Å². The van der Waals surface area contributed by atoms with E-state index in [1.54, 1.807) is 4.90 Å². The monoisotopic (exact) mass is 602 g/mol. The van der Waals surface area contributed by atoms with E-state index in [1.165, 1.54) is 6.20 Å². The summed E-state index contributed by atoms with van der Waals surface area (Å²) in [6.07, 6.45) is 5.32. The normalized spacial score (nSPS) is 18.2. The number of alkyl halides is 2. The molecule has 43 heavy (non-hydrogen) atoms. The number of ether oxygens (including phenoxy) is 1. The van der Waals surface area contributed by atoms with Crippen LogP contribution in [-0.2, 0) is 14.3 Å². The highest BCUT2D eigenvalue weighted by Crippen LogP contribution is 2.30. The molecule has 0 aromatic carbocycles. The van der Waals surface area contributed by atoms with Crippen molar-refractivity contribution in [1.82, 2.24) is 34.7 Å². The summed E-state index contributed by atoms with van der Waals surface area (Å²) in [5, 5.41) is 0. The average Bonchev–Trinajstić information content (AvgIpc) is 3.05. The molecule has 0 atom stereocenters. The molecule has 0 spiro atoms. The van der Waals surface area contributed by atoms with Gasteiger partial charge in [-0.3, -0.25) is 9.59 Å². The van der Waals surface area contributed by atoms with Crippen LogP contribution in [0, 0.1) is 5.92 Å². The Bertz CT molecular complexity index is 1240. The van der Waals surface area contributed by atoms with E-state index >= 15 is 0 Å². The second kappa shape index (κ2) is 15.5. The lowest BCUT2D eigenvalue weighted by Gasteiger charge is -2.36. The van der Waals surface area contributed by atoms with Gasteiger partial charge in [-0.05, 0) is 32.6 Å². The van der Waals surface area contributed by atoms with Crippen molar-refractivity contribution in [3.8, 4) is 11.4 Å². The number of carbonyl (C=O) groups excluding carboxylic acids is 2. The van der Waals surface area contributed by atoms with Gasteiger partial charge in [-0.25, -0.2) is 18.7 Å². The number of morpholine rings is 1. The van der Waals surface area contributed by atoms with Gasteiger partial charge in [-0.1, -0.05) is 12.2 Å². The van der Waals surface area contributed by atoms with Crippen molar-refractivity contribution in [3.63, 3.8) is 0 Å². The first-order chi connectivity index (χ1) is 20.8. The van der Waals surface area contributed by atoms with Crippen molar-refractivity contribution < 1.29 is 23.1 Å². The highest BCUT2D eigenvalue weighted by atomic mass is 19.3. The molecule has 3 aliphatic heterocycles. The molecule has 0 aliphatic carbocycles. The van der Waals surface area contributed by atoms with Crippen molar-refractivity contribution in [3.05, 3.63) is 24.0 Å². The van der Waals surface area contributed by atoms with Gasteiger partial charge in [-0.15, -0.1) is 0 Å². The van der Waals surface area contributed by atoms with Crippen molar-refractivity contribution in [2.45, 2.75) is 39.5 Å². The largest absolute Gasteiger partial charge is 0.378 e. The second-order valence-electron chi connectivity index (χ2n) is 10.5. The molecule has 5 heterocycles. The van der Waals surface area contributed by atoms with Crippen LogP contribution in [0.5, 0.6) is 0 Å². The minimum atomic E-state index is -2.89. The molecule has 0 saturated carbocycles. The number of carbonyl (C=O) groups is 2.